The quantitative estimate of drug-likeness (QED) is 0.891. The van der Waals surface area contributed by atoms with Crippen molar-refractivity contribution in [3.8, 4) is 5.75 Å². The highest BCUT2D eigenvalue weighted by Gasteiger charge is 2.28. The van der Waals surface area contributed by atoms with Gasteiger partial charge in [0.25, 0.3) is 0 Å². The van der Waals surface area contributed by atoms with Gasteiger partial charge in [-0.15, -0.1) is 0 Å². The van der Waals surface area contributed by atoms with Gasteiger partial charge in [-0.25, -0.2) is 0 Å². The maximum absolute atomic E-state index is 9.73. The summed E-state index contributed by atoms with van der Waals surface area (Å²) in [6.45, 7) is 4.05. The van der Waals surface area contributed by atoms with Crippen molar-refractivity contribution in [2.75, 3.05) is 12.3 Å². The molecule has 0 bridgehead atoms. The predicted molar refractivity (Wildman–Crippen MR) is 77.6 cm³/mol. The summed E-state index contributed by atoms with van der Waals surface area (Å²) in [7, 11) is 0. The van der Waals surface area contributed by atoms with Gasteiger partial charge in [0.2, 0.25) is 0 Å². The molecule has 0 aliphatic carbocycles. The van der Waals surface area contributed by atoms with Crippen LogP contribution < -0.4 is 5.32 Å². The van der Waals surface area contributed by atoms with Crippen LogP contribution in [0.15, 0.2) is 22.7 Å². The van der Waals surface area contributed by atoms with Gasteiger partial charge in [-0.3, -0.25) is 0 Å². The summed E-state index contributed by atoms with van der Waals surface area (Å²) in [5.74, 6) is 1.64. The van der Waals surface area contributed by atoms with E-state index in [0.717, 1.165) is 23.1 Å². The summed E-state index contributed by atoms with van der Waals surface area (Å²) in [4.78, 5) is 0. The molecule has 1 saturated heterocycles. The van der Waals surface area contributed by atoms with Crippen molar-refractivity contribution >= 4 is 27.7 Å². The first-order valence-corrected chi connectivity index (χ1v) is 7.69. The predicted octanol–water partition coefficient (Wildman–Crippen LogP) is 3.53. The summed E-state index contributed by atoms with van der Waals surface area (Å²) in [6.07, 6.45) is 2.61. The number of hydrogen-bond donors (Lipinski definition) is 2. The average molecular weight is 316 g/mol. The van der Waals surface area contributed by atoms with Gasteiger partial charge < -0.3 is 10.4 Å². The minimum atomic E-state index is 0.366. The summed E-state index contributed by atoms with van der Waals surface area (Å²) in [6, 6.07) is 5.55. The third-order valence-corrected chi connectivity index (χ3v) is 5.19. The van der Waals surface area contributed by atoms with Crippen LogP contribution in [0.4, 0.5) is 0 Å². The Bertz CT molecular complexity index is 391. The van der Waals surface area contributed by atoms with Crippen LogP contribution in [0.25, 0.3) is 0 Å². The molecule has 1 atom stereocenters. The molecule has 0 aromatic heterocycles. The van der Waals surface area contributed by atoms with Crippen LogP contribution in [0.2, 0.25) is 0 Å². The lowest BCUT2D eigenvalue weighted by atomic mass is 10.1. The molecule has 2 rings (SSSR count). The van der Waals surface area contributed by atoms with Crippen molar-refractivity contribution in [3.05, 3.63) is 28.2 Å². The van der Waals surface area contributed by atoms with Crippen molar-refractivity contribution in [3.63, 3.8) is 0 Å². The van der Waals surface area contributed by atoms with Crippen LogP contribution in [0.5, 0.6) is 5.75 Å². The zero-order valence-corrected chi connectivity index (χ0v) is 12.4. The monoisotopic (exact) mass is 315 g/mol. The van der Waals surface area contributed by atoms with Crippen LogP contribution in [0.3, 0.4) is 0 Å². The summed E-state index contributed by atoms with van der Waals surface area (Å²) in [5, 5.41) is 13.2. The molecule has 0 spiro atoms. The van der Waals surface area contributed by atoms with E-state index < -0.39 is 0 Å². The van der Waals surface area contributed by atoms with Crippen LogP contribution in [0.1, 0.15) is 25.3 Å². The smallest absolute Gasteiger partial charge is 0.120 e. The Labute approximate surface area is 115 Å². The van der Waals surface area contributed by atoms with E-state index in [1.54, 1.807) is 6.07 Å². The zero-order chi connectivity index (χ0) is 12.3. The lowest BCUT2D eigenvalue weighted by Crippen LogP contribution is -2.32. The van der Waals surface area contributed by atoms with E-state index in [2.05, 4.69) is 39.9 Å². The molecular formula is C13H18BrNOS. The van der Waals surface area contributed by atoms with E-state index in [-0.39, 0.29) is 0 Å². The maximum atomic E-state index is 9.73. The molecule has 1 aliphatic rings. The van der Waals surface area contributed by atoms with E-state index in [4.69, 9.17) is 0 Å². The summed E-state index contributed by atoms with van der Waals surface area (Å²) < 4.78 is 1.38. The molecule has 1 aromatic carbocycles. The fourth-order valence-corrected chi connectivity index (χ4v) is 3.82. The Kier molecular flexibility index (Phi) is 4.39. The largest absolute Gasteiger partial charge is 0.508 e. The zero-order valence-electron chi connectivity index (χ0n) is 10.0. The van der Waals surface area contributed by atoms with Gasteiger partial charge in [0.05, 0.1) is 0 Å². The van der Waals surface area contributed by atoms with Gasteiger partial charge in [-0.05, 0) is 43.7 Å². The lowest BCUT2D eigenvalue weighted by molar-refractivity contribution is 0.460. The Morgan fingerprint density at radius 2 is 2.35 bits per heavy atom. The van der Waals surface area contributed by atoms with Crippen molar-refractivity contribution < 1.29 is 5.11 Å². The second-order valence-electron chi connectivity index (χ2n) is 4.78. The van der Waals surface area contributed by atoms with Crippen LogP contribution in [-0.4, -0.2) is 22.2 Å². The molecule has 1 aliphatic heterocycles. The number of nitrogens with one attached hydrogen (secondary N) is 1. The fraction of sp³-hybridized carbons (Fsp3) is 0.538. The number of hydrogen-bond acceptors (Lipinski definition) is 3. The summed E-state index contributed by atoms with van der Waals surface area (Å²) in [5.41, 5.74) is 0.950. The Morgan fingerprint density at radius 3 is 3.06 bits per heavy atom. The average Bonchev–Trinajstić information content (AvgIpc) is 2.71. The van der Waals surface area contributed by atoms with Crippen LogP contribution in [0, 0.1) is 0 Å². The number of rotatable bonds is 4. The third-order valence-electron chi connectivity index (χ3n) is 3.16. The number of thioether (sulfide) groups is 1. The van der Waals surface area contributed by atoms with E-state index in [0.29, 0.717) is 10.5 Å². The second-order valence-corrected chi connectivity index (χ2v) is 7.38. The molecular weight excluding hydrogens is 298 g/mol. The molecule has 1 heterocycles. The lowest BCUT2D eigenvalue weighted by Gasteiger charge is -2.23. The normalized spacial score (nSPS) is 24.1. The highest BCUT2D eigenvalue weighted by molar-refractivity contribution is 9.10. The Morgan fingerprint density at radius 1 is 1.53 bits per heavy atom. The first-order chi connectivity index (χ1) is 8.09. The molecule has 4 heteroatoms. The SMILES string of the molecule is CC1(CNCc2cc(Br)ccc2O)CCCS1. The molecule has 0 radical (unpaired) electrons. The van der Waals surface area contributed by atoms with Gasteiger partial charge in [-0.2, -0.15) is 11.8 Å². The van der Waals surface area contributed by atoms with Gasteiger partial charge in [0.1, 0.15) is 5.75 Å². The minimum absolute atomic E-state index is 0.366. The molecule has 2 nitrogen and oxygen atoms in total. The summed E-state index contributed by atoms with van der Waals surface area (Å²) >= 11 is 5.47. The van der Waals surface area contributed by atoms with Gasteiger partial charge >= 0.3 is 0 Å². The fourth-order valence-electron chi connectivity index (χ4n) is 2.13. The first-order valence-electron chi connectivity index (χ1n) is 5.91. The second kappa shape index (κ2) is 5.63. The van der Waals surface area contributed by atoms with E-state index in [1.165, 1.54) is 18.6 Å². The van der Waals surface area contributed by atoms with E-state index in [1.807, 2.05) is 12.1 Å². The topological polar surface area (TPSA) is 32.3 Å². The van der Waals surface area contributed by atoms with Crippen LogP contribution >= 0.6 is 27.7 Å². The highest BCUT2D eigenvalue weighted by atomic mass is 79.9. The number of aromatic hydroxyl groups is 1. The molecule has 1 aromatic rings. The molecule has 0 amide bonds. The number of phenols is 1. The highest BCUT2D eigenvalue weighted by Crippen LogP contribution is 2.37. The standard InChI is InChI=1S/C13H18BrNOS/c1-13(5-2-6-17-13)9-15-8-10-7-11(14)3-4-12(10)16/h3-4,7,15-16H,2,5-6,8-9H2,1H3. The van der Waals surface area contributed by atoms with Gasteiger partial charge in [0, 0.05) is 27.9 Å². The van der Waals surface area contributed by atoms with Crippen molar-refractivity contribution in [1.82, 2.24) is 5.32 Å². The molecule has 17 heavy (non-hydrogen) atoms. The molecule has 94 valence electrons. The molecule has 0 saturated carbocycles. The van der Waals surface area contributed by atoms with Gasteiger partial charge in [-0.1, -0.05) is 15.9 Å². The van der Waals surface area contributed by atoms with Crippen molar-refractivity contribution in [2.45, 2.75) is 31.1 Å². The minimum Gasteiger partial charge on any atom is -0.508 e. The first kappa shape index (κ1) is 13.2. The van der Waals surface area contributed by atoms with Crippen molar-refractivity contribution in [1.29, 1.82) is 0 Å². The number of halogens is 1. The number of phenolic OH excluding ortho intramolecular Hbond substituents is 1. The molecule has 1 unspecified atom stereocenters. The van der Waals surface area contributed by atoms with E-state index in [9.17, 15) is 5.11 Å². The van der Waals surface area contributed by atoms with Crippen LogP contribution in [-0.2, 0) is 6.54 Å². The number of benzene rings is 1. The molecule has 1 fully saturated rings. The van der Waals surface area contributed by atoms with Crippen molar-refractivity contribution in [2.24, 2.45) is 0 Å². The molecule has 2 N–H and O–H groups in total. The Balaban J connectivity index is 1.87. The third kappa shape index (κ3) is 3.63. The maximum Gasteiger partial charge on any atom is 0.120 e. The van der Waals surface area contributed by atoms with Gasteiger partial charge in [0.15, 0.2) is 0 Å². The van der Waals surface area contributed by atoms with E-state index >= 15 is 0 Å². The Hall–Kier alpha value is -0.190.